The Bertz CT molecular complexity index is 767. The average molecular weight is 273 g/mol. The Morgan fingerprint density at radius 1 is 1.26 bits per heavy atom. The predicted octanol–water partition coefficient (Wildman–Crippen LogP) is 2.12. The number of rotatable bonds is 1. The lowest BCUT2D eigenvalue weighted by atomic mass is 10.2. The molecule has 5 nitrogen and oxygen atoms in total. The maximum Gasteiger partial charge on any atom is 0.306 e. The minimum Gasteiger partial charge on any atom is -0.323 e. The fraction of sp³-hybridized carbons (Fsp3) is 0.154. The molecular formula is C13H11ClN5+. The zero-order valence-electron chi connectivity index (χ0n) is 10.0. The van der Waals surface area contributed by atoms with Gasteiger partial charge in [0.15, 0.2) is 12.1 Å². The van der Waals surface area contributed by atoms with E-state index in [4.69, 9.17) is 11.6 Å². The van der Waals surface area contributed by atoms with Crippen molar-refractivity contribution in [1.82, 2.24) is 15.0 Å². The van der Waals surface area contributed by atoms with Crippen LogP contribution in [0.5, 0.6) is 0 Å². The van der Waals surface area contributed by atoms with E-state index in [9.17, 15) is 0 Å². The number of aromatic amines is 2. The van der Waals surface area contributed by atoms with Gasteiger partial charge in [0.1, 0.15) is 0 Å². The molecule has 3 aromatic rings. The van der Waals surface area contributed by atoms with Crippen LogP contribution in [0.25, 0.3) is 11.2 Å². The minimum absolute atomic E-state index is 0.253. The van der Waals surface area contributed by atoms with E-state index in [2.05, 4.69) is 43.0 Å². The summed E-state index contributed by atoms with van der Waals surface area (Å²) in [6.45, 7) is 0.904. The maximum atomic E-state index is 6.00. The SMILES string of the molecule is Clc1nc(N2CCc3ccccc32)c2[nH]c[nH+]c2n1. The highest BCUT2D eigenvalue weighted by Crippen LogP contribution is 2.35. The Balaban J connectivity index is 1.94. The Morgan fingerprint density at radius 3 is 3.11 bits per heavy atom. The zero-order valence-corrected chi connectivity index (χ0v) is 10.8. The summed E-state index contributed by atoms with van der Waals surface area (Å²) in [7, 11) is 0. The molecule has 3 heterocycles. The van der Waals surface area contributed by atoms with Crippen LogP contribution in [0.1, 0.15) is 5.56 Å². The minimum atomic E-state index is 0.253. The molecule has 0 radical (unpaired) electrons. The molecule has 4 rings (SSSR count). The summed E-state index contributed by atoms with van der Waals surface area (Å²) in [6.07, 6.45) is 2.75. The van der Waals surface area contributed by atoms with Gasteiger partial charge >= 0.3 is 10.9 Å². The molecule has 19 heavy (non-hydrogen) atoms. The molecule has 0 atom stereocenters. The molecule has 1 aromatic carbocycles. The molecule has 2 aromatic heterocycles. The van der Waals surface area contributed by atoms with Crippen LogP contribution in [0.2, 0.25) is 5.28 Å². The smallest absolute Gasteiger partial charge is 0.306 e. The summed E-state index contributed by atoms with van der Waals surface area (Å²) in [5, 5.41) is 0.253. The van der Waals surface area contributed by atoms with E-state index >= 15 is 0 Å². The highest BCUT2D eigenvalue weighted by molar-refractivity contribution is 6.28. The van der Waals surface area contributed by atoms with Gasteiger partial charge in [-0.1, -0.05) is 23.2 Å². The van der Waals surface area contributed by atoms with Gasteiger partial charge < -0.3 is 4.90 Å². The van der Waals surface area contributed by atoms with Crippen LogP contribution in [-0.4, -0.2) is 21.5 Å². The third-order valence-corrected chi connectivity index (χ3v) is 3.60. The quantitative estimate of drug-likeness (QED) is 0.690. The molecule has 0 fully saturated rings. The number of fused-ring (bicyclic) bond motifs is 2. The van der Waals surface area contributed by atoms with Gasteiger partial charge in [0.2, 0.25) is 5.52 Å². The Hall–Kier alpha value is -2.14. The van der Waals surface area contributed by atoms with Gasteiger partial charge in [-0.3, -0.25) is 4.98 Å². The Kier molecular flexibility index (Phi) is 2.22. The molecule has 0 unspecified atom stereocenters. The van der Waals surface area contributed by atoms with Gasteiger partial charge in [-0.25, -0.2) is 4.98 Å². The Labute approximate surface area is 114 Å². The summed E-state index contributed by atoms with van der Waals surface area (Å²) >= 11 is 6.00. The first-order chi connectivity index (χ1) is 9.33. The highest BCUT2D eigenvalue weighted by atomic mass is 35.5. The van der Waals surface area contributed by atoms with Crippen molar-refractivity contribution in [1.29, 1.82) is 0 Å². The van der Waals surface area contributed by atoms with E-state index in [0.717, 1.165) is 29.9 Å². The van der Waals surface area contributed by atoms with Crippen molar-refractivity contribution in [3.8, 4) is 0 Å². The van der Waals surface area contributed by atoms with E-state index in [1.165, 1.54) is 11.3 Å². The standard InChI is InChI=1S/C13H10ClN5/c14-13-17-11-10(15-7-16-11)12(18-13)19-6-5-8-3-1-2-4-9(8)19/h1-4,7H,5-6H2,(H,15,16,17,18)/p+1. The number of nitrogens with one attached hydrogen (secondary N) is 2. The third-order valence-electron chi connectivity index (χ3n) is 3.43. The van der Waals surface area contributed by atoms with E-state index in [1.54, 1.807) is 6.33 Å². The second kappa shape index (κ2) is 3.93. The number of halogens is 1. The first-order valence-corrected chi connectivity index (χ1v) is 6.48. The lowest BCUT2D eigenvalue weighted by Gasteiger charge is -2.17. The van der Waals surface area contributed by atoms with E-state index in [1.807, 2.05) is 6.07 Å². The summed E-state index contributed by atoms with van der Waals surface area (Å²) in [4.78, 5) is 16.9. The van der Waals surface area contributed by atoms with Gasteiger partial charge in [0, 0.05) is 12.2 Å². The molecule has 0 spiro atoms. The number of hydrogen-bond acceptors (Lipinski definition) is 3. The topological polar surface area (TPSA) is 59.0 Å². The molecular weight excluding hydrogens is 262 g/mol. The fourth-order valence-electron chi connectivity index (χ4n) is 2.59. The highest BCUT2D eigenvalue weighted by Gasteiger charge is 2.26. The summed E-state index contributed by atoms with van der Waals surface area (Å²) in [5.74, 6) is 0.821. The second-order valence-electron chi connectivity index (χ2n) is 4.50. The van der Waals surface area contributed by atoms with Gasteiger partial charge in [-0.2, -0.15) is 4.98 Å². The van der Waals surface area contributed by atoms with Crippen LogP contribution in [0.3, 0.4) is 0 Å². The predicted molar refractivity (Wildman–Crippen MR) is 72.6 cm³/mol. The van der Waals surface area contributed by atoms with Crippen molar-refractivity contribution in [3.63, 3.8) is 0 Å². The molecule has 0 aliphatic carbocycles. The van der Waals surface area contributed by atoms with Gasteiger partial charge in [-0.15, -0.1) is 0 Å². The second-order valence-corrected chi connectivity index (χ2v) is 4.84. The fourth-order valence-corrected chi connectivity index (χ4v) is 2.75. The van der Waals surface area contributed by atoms with Crippen molar-refractivity contribution in [2.24, 2.45) is 0 Å². The van der Waals surface area contributed by atoms with Crippen LogP contribution in [0.4, 0.5) is 11.5 Å². The van der Waals surface area contributed by atoms with Crippen LogP contribution in [-0.2, 0) is 6.42 Å². The molecule has 94 valence electrons. The molecule has 2 N–H and O–H groups in total. The molecule has 1 aliphatic heterocycles. The lowest BCUT2D eigenvalue weighted by molar-refractivity contribution is -0.347. The molecule has 0 saturated carbocycles. The summed E-state index contributed by atoms with van der Waals surface area (Å²) in [5.41, 5.74) is 4.12. The van der Waals surface area contributed by atoms with Crippen molar-refractivity contribution >= 4 is 34.3 Å². The average Bonchev–Trinajstić information content (AvgIpc) is 3.03. The molecule has 0 bridgehead atoms. The van der Waals surface area contributed by atoms with Crippen molar-refractivity contribution in [2.75, 3.05) is 11.4 Å². The van der Waals surface area contributed by atoms with Crippen LogP contribution in [0, 0.1) is 0 Å². The van der Waals surface area contributed by atoms with E-state index < -0.39 is 0 Å². The first kappa shape index (κ1) is 10.8. The van der Waals surface area contributed by atoms with Crippen LogP contribution >= 0.6 is 11.6 Å². The van der Waals surface area contributed by atoms with E-state index in [-0.39, 0.29) is 5.28 Å². The maximum absolute atomic E-state index is 6.00. The van der Waals surface area contributed by atoms with Gasteiger partial charge in [0.25, 0.3) is 0 Å². The lowest BCUT2D eigenvalue weighted by Crippen LogP contribution is -2.16. The zero-order chi connectivity index (χ0) is 12.8. The Morgan fingerprint density at radius 2 is 2.16 bits per heavy atom. The van der Waals surface area contributed by atoms with Crippen molar-refractivity contribution < 1.29 is 4.98 Å². The number of imidazole rings is 1. The number of benzene rings is 1. The number of aromatic nitrogens is 4. The van der Waals surface area contributed by atoms with E-state index in [0.29, 0.717) is 0 Å². The molecule has 0 amide bonds. The molecule has 0 saturated heterocycles. The largest absolute Gasteiger partial charge is 0.323 e. The van der Waals surface area contributed by atoms with Crippen LogP contribution < -0.4 is 9.88 Å². The summed E-state index contributed by atoms with van der Waals surface area (Å²) in [6, 6.07) is 8.36. The number of anilines is 2. The number of para-hydroxylation sites is 1. The monoisotopic (exact) mass is 272 g/mol. The normalized spacial score (nSPS) is 14.1. The third kappa shape index (κ3) is 1.58. The number of H-pyrrole nitrogens is 2. The number of hydrogen-bond donors (Lipinski definition) is 1. The van der Waals surface area contributed by atoms with Gasteiger partial charge in [0.05, 0.1) is 0 Å². The summed E-state index contributed by atoms with van der Waals surface area (Å²) < 4.78 is 0. The van der Waals surface area contributed by atoms with Gasteiger partial charge in [-0.05, 0) is 29.7 Å². The van der Waals surface area contributed by atoms with Crippen LogP contribution in [0.15, 0.2) is 30.6 Å². The first-order valence-electron chi connectivity index (χ1n) is 6.11. The van der Waals surface area contributed by atoms with Crippen molar-refractivity contribution in [2.45, 2.75) is 6.42 Å². The van der Waals surface area contributed by atoms with Crippen molar-refractivity contribution in [3.05, 3.63) is 41.4 Å². The molecule has 6 heteroatoms. The molecule has 1 aliphatic rings. The number of nitrogens with zero attached hydrogens (tertiary/aromatic N) is 3.